The molecule has 6 heterocycles. The summed E-state index contributed by atoms with van der Waals surface area (Å²) in [5.74, 6) is -20.1. The number of carboxylic acid groups (broad SMARTS) is 2. The van der Waals surface area contributed by atoms with E-state index in [1.165, 1.54) is 69.8 Å². The number of thioether (sulfide) groups is 1. The fourth-order valence-electron chi connectivity index (χ4n) is 17.0. The highest BCUT2D eigenvalue weighted by atomic mass is 32.2. The van der Waals surface area contributed by atoms with Gasteiger partial charge in [-0.25, -0.2) is 4.98 Å². The topological polar surface area (TPSA) is 660 Å². The number of likely N-dealkylation sites (N-methyl/N-ethyl adjacent to an activating group) is 3. The van der Waals surface area contributed by atoms with E-state index in [9.17, 15) is 68.1 Å². The van der Waals surface area contributed by atoms with Crippen molar-refractivity contribution in [2.24, 2.45) is 17.2 Å². The molecule has 0 unspecified atom stereocenters. The molecule has 0 aliphatic carbocycles. The summed E-state index contributed by atoms with van der Waals surface area (Å²) in [6.45, 7) is 3.49. The van der Waals surface area contributed by atoms with Crippen LogP contribution >= 0.6 is 11.8 Å². The van der Waals surface area contributed by atoms with E-state index in [2.05, 4.69) is 73.1 Å². The van der Waals surface area contributed by atoms with Gasteiger partial charge in [-0.1, -0.05) is 88.1 Å². The summed E-state index contributed by atoms with van der Waals surface area (Å²) in [5.41, 5.74) is 20.2. The molecule has 14 atom stereocenters. The Labute approximate surface area is 801 Å². The standard InChI is InChI=1S/C93H128N22O22S/c1-7-9-24-72-86(130)104-64(34-35-78(120)121)83(127)110-71(81(125)100-48-76(96)118)49-138-50-77(119)102-68(39-53-28-30-57(116)31-29-53)89(133)111(4)52(3)80(124)108-70(43-79(122)123)92(136)115-38-18-27-74(115)88(132)107-67(42-56-47-97-51-101-56)85(129)105-65(33-32-58(117)44-95)91(135)114-37-17-26-73(114)87(131)106-66(40-54-45-98-61-21-13-11-19-59(54)61)84(128)103-63(23-15-16-36-94)82(126)109-69(41-55-46-99-62-22-14-12-20-60(55)62)90(134)113(6)75(25-10-8-2)93(137)112(72)5/h11-14,19-22,28-31,45-47,51-52,63-75,98-99,116H,7-10,15-18,23-27,32-44,48-50,94-95H2,1-6H3,(H2,96,118)(H,97,101)(H,100,125)(H,102,119)(H,103,128)(H,104,130)(H,105,129)(H,106,131)(H,107,132)(H,108,124)(H,109,126)(H,110,127)(H,120,121)(H,122,123)/t52-,63-,64-,65-,66-,67-,68-,69-,70-,71-,72-,73-,74-,75-/m0/s1. The van der Waals surface area contributed by atoms with Gasteiger partial charge in [0.05, 0.1) is 37.3 Å². The van der Waals surface area contributed by atoms with E-state index >= 15 is 38.4 Å². The van der Waals surface area contributed by atoms with Gasteiger partial charge in [0.2, 0.25) is 94.5 Å². The van der Waals surface area contributed by atoms with Crippen LogP contribution in [0.1, 0.15) is 159 Å². The van der Waals surface area contributed by atoms with Crippen molar-refractivity contribution in [3.63, 3.8) is 0 Å². The van der Waals surface area contributed by atoms with E-state index in [4.69, 9.17) is 17.2 Å². The molecule has 0 bridgehead atoms. The van der Waals surface area contributed by atoms with Crippen molar-refractivity contribution in [2.75, 3.05) is 65.4 Å². The van der Waals surface area contributed by atoms with Crippen molar-refractivity contribution in [3.8, 4) is 5.75 Å². The van der Waals surface area contributed by atoms with Gasteiger partial charge < -0.3 is 125 Å². The number of nitrogens with two attached hydrogens (primary N) is 3. The van der Waals surface area contributed by atoms with Gasteiger partial charge in [-0.2, -0.15) is 0 Å². The number of phenols is 1. The van der Waals surface area contributed by atoms with Crippen LogP contribution in [0.4, 0.5) is 0 Å². The third-order valence-corrected chi connectivity index (χ3v) is 26.0. The average Bonchev–Trinajstić information content (AvgIpc) is 1.56. The number of carboxylic acids is 2. The number of phenolic OH excluding ortho intramolecular Hbond substituents is 1. The number of aromatic hydroxyl groups is 1. The number of aliphatic carboxylic acids is 2. The van der Waals surface area contributed by atoms with Gasteiger partial charge >= 0.3 is 11.9 Å². The van der Waals surface area contributed by atoms with E-state index in [1.807, 2.05) is 6.92 Å². The molecule has 3 aliphatic rings. The maximum Gasteiger partial charge on any atom is 0.305 e. The second kappa shape index (κ2) is 52.5. The van der Waals surface area contributed by atoms with Crippen LogP contribution in [0.5, 0.6) is 5.75 Å². The highest BCUT2D eigenvalue weighted by Gasteiger charge is 2.46. The Hall–Kier alpha value is -13.9. The first kappa shape index (κ1) is 108. The number of carbonyl (C=O) groups is 19. The maximum absolute atomic E-state index is 15.9. The minimum absolute atomic E-state index is 0.00355. The third kappa shape index (κ3) is 30.3. The van der Waals surface area contributed by atoms with Crippen LogP contribution in [0.25, 0.3) is 21.8 Å². The third-order valence-electron chi connectivity index (χ3n) is 24.9. The van der Waals surface area contributed by atoms with Crippen molar-refractivity contribution in [1.29, 1.82) is 0 Å². The fourth-order valence-corrected chi connectivity index (χ4v) is 17.9. The van der Waals surface area contributed by atoms with Gasteiger partial charge in [-0.3, -0.25) is 91.1 Å². The summed E-state index contributed by atoms with van der Waals surface area (Å²) < 4.78 is 0. The zero-order chi connectivity index (χ0) is 101. The van der Waals surface area contributed by atoms with E-state index in [0.717, 1.165) is 19.6 Å². The normalized spacial score (nSPS) is 23.9. The number of nitrogens with zero attached hydrogens (tertiary/aromatic N) is 6. The lowest BCUT2D eigenvalue weighted by Crippen LogP contribution is -2.61. The summed E-state index contributed by atoms with van der Waals surface area (Å²) in [6, 6.07) is -2.42. The number of fused-ring (bicyclic) bond motifs is 4. The van der Waals surface area contributed by atoms with E-state index < -0.39 is 247 Å². The summed E-state index contributed by atoms with van der Waals surface area (Å²) in [4.78, 5) is 295. The first-order valence-corrected chi connectivity index (χ1v) is 47.6. The van der Waals surface area contributed by atoms with E-state index in [-0.39, 0.29) is 121 Å². The van der Waals surface area contributed by atoms with Gasteiger partial charge in [0.25, 0.3) is 0 Å². The monoisotopic (exact) mass is 1940 g/mol. The molecule has 138 heavy (non-hydrogen) atoms. The van der Waals surface area contributed by atoms with Crippen molar-refractivity contribution < 1.29 is 106 Å². The molecular weight excluding hydrogens is 1810 g/mol. The second-order valence-corrected chi connectivity index (χ2v) is 35.9. The number of unbranched alkanes of at least 4 members (excludes halogenated alkanes) is 3. The van der Waals surface area contributed by atoms with Crippen molar-refractivity contribution in [3.05, 3.63) is 120 Å². The number of para-hydroxylation sites is 2. The fraction of sp³-hybridized carbons (Fsp3) is 0.527. The molecule has 0 spiro atoms. The molecule has 3 aromatic carbocycles. The number of hydrogen-bond acceptors (Lipinski definition) is 24. The molecule has 3 aromatic heterocycles. The van der Waals surface area contributed by atoms with Crippen LogP contribution in [0.3, 0.4) is 0 Å². The molecule has 16 amide bonds. The Balaban J connectivity index is 1.12. The minimum atomic E-state index is -1.93. The number of ketones is 1. The first-order valence-electron chi connectivity index (χ1n) is 46.4. The SMILES string of the molecule is CCCC[C@H]1C(=O)N(C)[C@@H](CCCC)C(=O)N[C@@H](CCC(=O)O)C(=O)N[C@H](C(=O)NCC(N)=O)CSCC(=O)N[C@@H](Cc2ccc(O)cc2)C(=O)N(C)[C@@H](C)C(=O)N[C@@H](CC(=O)O)C(=O)N2CCC[C@H]2C(=O)N[C@@H](Cc2c[nH]cn2)C(=O)N[C@@H](CCC(=O)CN)C(=O)N2CCC[C@H]2C(=O)N[C@@H](Cc2c[nH]c3ccccc23)C(=O)N[C@@H](CCCCN)C(=O)N[C@@H](Cc2c[nH]c3ccccc23)C(=O)N1C. The number of primary amides is 1. The quantitative estimate of drug-likeness (QED) is 0.0233. The number of Topliss-reactive ketones (excluding diaryl/α,β-unsaturated/α-hetero) is 1. The van der Waals surface area contributed by atoms with Crippen LogP contribution in [0.2, 0.25) is 0 Å². The minimum Gasteiger partial charge on any atom is -0.508 e. The number of nitrogens with one attached hydrogen (secondary N) is 13. The van der Waals surface area contributed by atoms with Gasteiger partial charge in [0.15, 0.2) is 0 Å². The number of benzene rings is 3. The molecule has 3 saturated heterocycles. The van der Waals surface area contributed by atoms with E-state index in [0.29, 0.717) is 75.9 Å². The summed E-state index contributed by atoms with van der Waals surface area (Å²) in [5, 5.41) is 58.3. The second-order valence-electron chi connectivity index (χ2n) is 34.9. The summed E-state index contributed by atoms with van der Waals surface area (Å²) in [7, 11) is 3.84. The number of rotatable bonds is 30. The van der Waals surface area contributed by atoms with Crippen LogP contribution in [0, 0.1) is 0 Å². The number of carbonyl (C=O) groups excluding carboxylic acids is 17. The molecule has 44 nitrogen and oxygen atoms in total. The van der Waals surface area contributed by atoms with E-state index in [1.54, 1.807) is 67.8 Å². The number of aromatic amines is 3. The van der Waals surface area contributed by atoms with Crippen LogP contribution in [0.15, 0.2) is 97.7 Å². The predicted octanol–water partition coefficient (Wildman–Crippen LogP) is -1.30. The molecule has 3 aliphatic heterocycles. The average molecular weight is 1940 g/mol. The Kier molecular flexibility index (Phi) is 41.0. The van der Waals surface area contributed by atoms with Crippen molar-refractivity contribution >= 4 is 146 Å². The highest BCUT2D eigenvalue weighted by molar-refractivity contribution is 8.00. The number of imidazole rings is 1. The maximum atomic E-state index is 15.9. The van der Waals surface area contributed by atoms with Crippen LogP contribution in [-0.4, -0.2) is 322 Å². The molecule has 748 valence electrons. The van der Waals surface area contributed by atoms with Crippen LogP contribution < -0.4 is 70.4 Å². The van der Waals surface area contributed by atoms with Crippen LogP contribution in [-0.2, 0) is 117 Å². The van der Waals surface area contributed by atoms with Crippen molar-refractivity contribution in [1.82, 2.24) is 97.6 Å². The molecule has 3 fully saturated rings. The lowest BCUT2D eigenvalue weighted by molar-refractivity contribution is -0.149. The molecular formula is C93H128N22O22S. The number of hydrogen-bond donors (Lipinski definition) is 19. The Bertz CT molecular complexity index is 5320. The largest absolute Gasteiger partial charge is 0.508 e. The smallest absolute Gasteiger partial charge is 0.305 e. The molecule has 0 radical (unpaired) electrons. The lowest BCUT2D eigenvalue weighted by Gasteiger charge is -2.36. The molecule has 0 saturated carbocycles. The Morgan fingerprint density at radius 2 is 0.993 bits per heavy atom. The van der Waals surface area contributed by atoms with Gasteiger partial charge in [0, 0.05) is 119 Å². The van der Waals surface area contributed by atoms with Gasteiger partial charge in [0.1, 0.15) is 96.1 Å². The molecule has 6 aromatic rings. The molecule has 9 rings (SSSR count). The lowest BCUT2D eigenvalue weighted by atomic mass is 9.99. The zero-order valence-electron chi connectivity index (χ0n) is 78.2. The Morgan fingerprint density at radius 1 is 0.493 bits per heavy atom. The van der Waals surface area contributed by atoms with Gasteiger partial charge in [-0.05, 0) is 125 Å². The number of amides is 16. The highest BCUT2D eigenvalue weighted by Crippen LogP contribution is 2.28. The first-order chi connectivity index (χ1) is 65.9. The summed E-state index contributed by atoms with van der Waals surface area (Å²) >= 11 is 0.700. The number of aromatic nitrogens is 4. The predicted molar refractivity (Wildman–Crippen MR) is 504 cm³/mol. The molecule has 22 N–H and O–H groups in total. The van der Waals surface area contributed by atoms with Gasteiger partial charge in [-0.15, -0.1) is 11.8 Å². The Morgan fingerprint density at radius 3 is 1.56 bits per heavy atom. The zero-order valence-corrected chi connectivity index (χ0v) is 79.1. The summed E-state index contributed by atoms with van der Waals surface area (Å²) in [6.07, 6.45) is 3.77. The van der Waals surface area contributed by atoms with Crippen molar-refractivity contribution in [2.45, 2.75) is 247 Å². The number of H-pyrrole nitrogens is 3. The molecule has 45 heteroatoms.